The lowest BCUT2D eigenvalue weighted by molar-refractivity contribution is -0.116. The van der Waals surface area contributed by atoms with Crippen LogP contribution in [0.4, 0.5) is 5.00 Å². The molecule has 0 spiro atoms. The quantitative estimate of drug-likeness (QED) is 0.394. The van der Waals surface area contributed by atoms with Crippen LogP contribution in [0.1, 0.15) is 71.5 Å². The number of anilines is 1. The van der Waals surface area contributed by atoms with Gasteiger partial charge in [-0.3, -0.25) is 4.79 Å². The number of nitrogens with one attached hydrogen (secondary N) is 1. The second-order valence-electron chi connectivity index (χ2n) is 10.1. The number of ether oxygens (including phenoxy) is 2. The number of fused-ring (bicyclic) bond motifs is 3. The van der Waals surface area contributed by atoms with Crippen molar-refractivity contribution >= 4 is 28.2 Å². The van der Waals surface area contributed by atoms with Gasteiger partial charge in [-0.25, -0.2) is 4.79 Å². The third-order valence-electron chi connectivity index (χ3n) is 7.85. The van der Waals surface area contributed by atoms with Crippen molar-refractivity contribution in [2.24, 2.45) is 11.3 Å². The fourth-order valence-electron chi connectivity index (χ4n) is 5.32. The average molecular weight is 490 g/mol. The predicted octanol–water partition coefficient (Wildman–Crippen LogP) is 6.95. The Morgan fingerprint density at radius 1 is 1.09 bits per heavy atom. The van der Waals surface area contributed by atoms with Crippen LogP contribution >= 0.6 is 11.3 Å². The number of benzene rings is 2. The molecule has 5 rings (SSSR count). The maximum atomic E-state index is 13.8. The number of hydrogen-bond donors (Lipinski definition) is 1. The molecule has 1 aromatic heterocycles. The van der Waals surface area contributed by atoms with Crippen molar-refractivity contribution in [2.75, 3.05) is 12.4 Å². The van der Waals surface area contributed by atoms with Crippen LogP contribution in [0.15, 0.2) is 48.5 Å². The molecule has 0 saturated heterocycles. The van der Waals surface area contributed by atoms with E-state index >= 15 is 0 Å². The predicted molar refractivity (Wildman–Crippen MR) is 139 cm³/mol. The summed E-state index contributed by atoms with van der Waals surface area (Å²) in [6.45, 7) is 6.87. The number of rotatable bonds is 5. The van der Waals surface area contributed by atoms with E-state index in [1.807, 2.05) is 48.5 Å². The summed E-state index contributed by atoms with van der Waals surface area (Å²) in [5.74, 6) is 0.792. The van der Waals surface area contributed by atoms with Gasteiger partial charge in [-0.05, 0) is 48.3 Å². The molecule has 1 amide bonds. The molecular formula is C29H31NO4S. The molecule has 5 nitrogen and oxygen atoms in total. The molecule has 2 aromatic carbocycles. The van der Waals surface area contributed by atoms with Gasteiger partial charge in [0.2, 0.25) is 5.91 Å². The van der Waals surface area contributed by atoms with Crippen LogP contribution in [0.25, 0.3) is 0 Å². The molecule has 182 valence electrons. The molecule has 1 aliphatic heterocycles. The second-order valence-corrected chi connectivity index (χ2v) is 11.2. The van der Waals surface area contributed by atoms with Crippen molar-refractivity contribution in [3.8, 4) is 11.5 Å². The largest absolute Gasteiger partial charge is 0.465 e. The first-order valence-corrected chi connectivity index (χ1v) is 13.0. The van der Waals surface area contributed by atoms with E-state index in [-0.39, 0.29) is 11.3 Å². The minimum Gasteiger partial charge on any atom is -0.465 e. The molecule has 6 heteroatoms. The smallest absolute Gasteiger partial charge is 0.341 e. The van der Waals surface area contributed by atoms with Crippen LogP contribution in [-0.2, 0) is 22.4 Å². The van der Waals surface area contributed by atoms with Gasteiger partial charge in [0.15, 0.2) is 0 Å². The number of amides is 1. The molecule has 0 bridgehead atoms. The first-order valence-electron chi connectivity index (χ1n) is 12.2. The Hall–Kier alpha value is -3.12. The van der Waals surface area contributed by atoms with Gasteiger partial charge in [0.05, 0.1) is 18.6 Å². The van der Waals surface area contributed by atoms with E-state index in [0.717, 1.165) is 42.4 Å². The zero-order valence-corrected chi connectivity index (χ0v) is 21.5. The monoisotopic (exact) mass is 489 g/mol. The maximum absolute atomic E-state index is 13.8. The fourth-order valence-corrected chi connectivity index (χ4v) is 6.64. The van der Waals surface area contributed by atoms with Crippen LogP contribution in [0.5, 0.6) is 11.5 Å². The Bertz CT molecular complexity index is 1250. The Morgan fingerprint density at radius 3 is 2.31 bits per heavy atom. The van der Waals surface area contributed by atoms with Gasteiger partial charge in [-0.2, -0.15) is 0 Å². The Labute approximate surface area is 210 Å². The summed E-state index contributed by atoms with van der Waals surface area (Å²) in [7, 11) is 1.40. The van der Waals surface area contributed by atoms with E-state index < -0.39 is 11.9 Å². The van der Waals surface area contributed by atoms with Gasteiger partial charge in [0, 0.05) is 16.0 Å². The van der Waals surface area contributed by atoms with E-state index in [4.69, 9.17) is 9.47 Å². The molecule has 1 aliphatic carbocycles. The van der Waals surface area contributed by atoms with E-state index in [1.165, 1.54) is 23.3 Å². The Kier molecular flexibility index (Phi) is 6.18. The Morgan fingerprint density at radius 2 is 1.71 bits per heavy atom. The molecular weight excluding hydrogens is 458 g/mol. The van der Waals surface area contributed by atoms with E-state index in [9.17, 15) is 9.59 Å². The number of carbonyl (C=O) groups is 2. The number of hydrogen-bond acceptors (Lipinski definition) is 5. The van der Waals surface area contributed by atoms with Crippen molar-refractivity contribution in [1.29, 1.82) is 0 Å². The molecule has 1 N–H and O–H groups in total. The van der Waals surface area contributed by atoms with E-state index in [1.54, 1.807) is 0 Å². The fraction of sp³-hybridized carbons (Fsp3) is 0.379. The van der Waals surface area contributed by atoms with Crippen LogP contribution in [0, 0.1) is 11.3 Å². The highest BCUT2D eigenvalue weighted by Crippen LogP contribution is 2.47. The lowest BCUT2D eigenvalue weighted by Gasteiger charge is -2.36. The topological polar surface area (TPSA) is 64.6 Å². The second kappa shape index (κ2) is 9.15. The standard InChI is InChI=1S/C29H31NO4S/c1-5-29(2,3)17-14-15-20-23(16-17)35-27(25(20)28(32)33-4)30-26(31)24-18-10-6-8-12-21(18)34-22-13-9-7-11-19(22)24/h6-13,17,24H,5,14-16H2,1-4H3,(H,30,31)/t17-/m0/s1. The number of thiophene rings is 1. The van der Waals surface area contributed by atoms with Crippen molar-refractivity contribution in [2.45, 2.75) is 52.4 Å². The summed E-state index contributed by atoms with van der Waals surface area (Å²) in [6, 6.07) is 15.2. The number of methoxy groups -OCH3 is 1. The highest BCUT2D eigenvalue weighted by atomic mass is 32.1. The molecule has 0 fully saturated rings. The van der Waals surface area contributed by atoms with Crippen molar-refractivity contribution in [1.82, 2.24) is 0 Å². The minimum absolute atomic E-state index is 0.178. The highest BCUT2D eigenvalue weighted by Gasteiger charge is 2.37. The first-order chi connectivity index (χ1) is 16.8. The molecule has 0 radical (unpaired) electrons. The summed E-state index contributed by atoms with van der Waals surface area (Å²) in [4.78, 5) is 27.9. The van der Waals surface area contributed by atoms with Crippen molar-refractivity contribution in [3.05, 3.63) is 75.7 Å². The molecule has 0 saturated carbocycles. The van der Waals surface area contributed by atoms with Crippen LogP contribution in [-0.4, -0.2) is 19.0 Å². The number of para-hydroxylation sites is 2. The minimum atomic E-state index is -0.535. The van der Waals surface area contributed by atoms with Crippen LogP contribution < -0.4 is 10.1 Å². The molecule has 2 aliphatic rings. The SMILES string of the molecule is CCC(C)(C)[C@H]1CCc2c(sc(NC(=O)C3c4ccccc4Oc4ccccc43)c2C(=O)OC)C1. The highest BCUT2D eigenvalue weighted by molar-refractivity contribution is 7.17. The van der Waals surface area contributed by atoms with Crippen molar-refractivity contribution < 1.29 is 19.1 Å². The van der Waals surface area contributed by atoms with Gasteiger partial charge >= 0.3 is 5.97 Å². The van der Waals surface area contributed by atoms with Gasteiger partial charge in [0.1, 0.15) is 16.5 Å². The molecule has 1 atom stereocenters. The lowest BCUT2D eigenvalue weighted by Crippen LogP contribution is -2.28. The third-order valence-corrected chi connectivity index (χ3v) is 9.02. The molecule has 35 heavy (non-hydrogen) atoms. The zero-order chi connectivity index (χ0) is 24.7. The normalized spacial score (nSPS) is 17.0. The first kappa shape index (κ1) is 23.6. The van der Waals surface area contributed by atoms with Gasteiger partial charge in [-0.15, -0.1) is 11.3 Å². The maximum Gasteiger partial charge on any atom is 0.341 e. The summed E-state index contributed by atoms with van der Waals surface area (Å²) in [5.41, 5.74) is 3.41. The summed E-state index contributed by atoms with van der Waals surface area (Å²) in [5, 5.41) is 3.71. The zero-order valence-electron chi connectivity index (χ0n) is 20.6. The average Bonchev–Trinajstić information content (AvgIpc) is 3.23. The Balaban J connectivity index is 1.52. The molecule has 2 heterocycles. The van der Waals surface area contributed by atoms with Crippen LogP contribution in [0.2, 0.25) is 0 Å². The summed E-state index contributed by atoms with van der Waals surface area (Å²) < 4.78 is 11.2. The molecule has 3 aromatic rings. The summed E-state index contributed by atoms with van der Waals surface area (Å²) >= 11 is 1.53. The third kappa shape index (κ3) is 4.14. The van der Waals surface area contributed by atoms with Gasteiger partial charge in [-0.1, -0.05) is 63.6 Å². The van der Waals surface area contributed by atoms with E-state index in [2.05, 4.69) is 26.1 Å². The van der Waals surface area contributed by atoms with E-state index in [0.29, 0.717) is 28.0 Å². The van der Waals surface area contributed by atoms with Crippen LogP contribution in [0.3, 0.4) is 0 Å². The molecule has 0 unspecified atom stereocenters. The number of carbonyl (C=O) groups excluding carboxylic acids is 2. The number of esters is 1. The lowest BCUT2D eigenvalue weighted by atomic mass is 9.69. The van der Waals surface area contributed by atoms with Gasteiger partial charge < -0.3 is 14.8 Å². The van der Waals surface area contributed by atoms with Crippen molar-refractivity contribution in [3.63, 3.8) is 0 Å². The van der Waals surface area contributed by atoms with Gasteiger partial charge in [0.25, 0.3) is 0 Å². The summed E-state index contributed by atoms with van der Waals surface area (Å²) in [6.07, 6.45) is 3.88.